The van der Waals surface area contributed by atoms with Crippen LogP contribution in [0.15, 0.2) is 48.5 Å². The van der Waals surface area contributed by atoms with Crippen LogP contribution < -0.4 is 14.4 Å². The molecule has 0 amide bonds. The predicted octanol–water partition coefficient (Wildman–Crippen LogP) is 2.17. The van der Waals surface area contributed by atoms with E-state index in [1.54, 1.807) is 19.2 Å². The first kappa shape index (κ1) is 19.9. The molecule has 2 aromatic rings. The second kappa shape index (κ2) is 9.38. The van der Waals surface area contributed by atoms with Crippen molar-refractivity contribution < 1.29 is 19.5 Å². The molecule has 2 aromatic carbocycles. The Morgan fingerprint density at radius 3 is 2.39 bits per heavy atom. The fourth-order valence-corrected chi connectivity index (χ4v) is 3.33. The maximum absolute atomic E-state index is 11.0. The first-order valence-electron chi connectivity index (χ1n) is 9.23. The van der Waals surface area contributed by atoms with Crippen LogP contribution in [0.4, 0.5) is 11.4 Å². The highest BCUT2D eigenvalue weighted by molar-refractivity contribution is 5.58. The fraction of sp³-hybridized carbons (Fsp3) is 0.400. The summed E-state index contributed by atoms with van der Waals surface area (Å²) in [6, 6.07) is 14.1. The van der Waals surface area contributed by atoms with Gasteiger partial charge in [0, 0.05) is 38.8 Å². The van der Waals surface area contributed by atoms with Crippen LogP contribution in [0.25, 0.3) is 0 Å². The van der Waals surface area contributed by atoms with Crippen molar-refractivity contribution in [3.05, 3.63) is 58.6 Å². The molecule has 1 fully saturated rings. The van der Waals surface area contributed by atoms with Gasteiger partial charge in [0.1, 0.15) is 18.5 Å². The number of aliphatic hydroxyl groups excluding tert-OH is 1. The molecule has 150 valence electrons. The summed E-state index contributed by atoms with van der Waals surface area (Å²) in [6.45, 7) is 3.75. The van der Waals surface area contributed by atoms with Crippen molar-refractivity contribution in [1.82, 2.24) is 4.90 Å². The minimum atomic E-state index is -0.724. The lowest BCUT2D eigenvalue weighted by molar-refractivity contribution is -0.385. The van der Waals surface area contributed by atoms with E-state index in [9.17, 15) is 15.2 Å². The molecule has 1 saturated heterocycles. The molecular weight excluding hydrogens is 362 g/mol. The maximum atomic E-state index is 11.0. The number of nitro groups is 1. The number of piperazine rings is 1. The van der Waals surface area contributed by atoms with Gasteiger partial charge in [-0.2, -0.15) is 0 Å². The number of rotatable bonds is 8. The number of nitrogens with zero attached hydrogens (tertiary/aromatic N) is 3. The quantitative estimate of drug-likeness (QED) is 0.548. The molecule has 3 rings (SSSR count). The van der Waals surface area contributed by atoms with Gasteiger partial charge in [0.2, 0.25) is 0 Å². The maximum Gasteiger partial charge on any atom is 0.310 e. The molecule has 8 heteroatoms. The molecule has 0 aromatic heterocycles. The van der Waals surface area contributed by atoms with E-state index >= 15 is 0 Å². The zero-order valence-corrected chi connectivity index (χ0v) is 15.9. The highest BCUT2D eigenvalue weighted by Gasteiger charge is 2.22. The number of para-hydroxylation sites is 4. The molecule has 0 bridgehead atoms. The standard InChI is InChI=1S/C20H25N3O5/c1-27-19-8-4-2-6-17(19)22-12-10-21(11-13-22)14-16(24)15-28-20-9-5-3-7-18(20)23(25)26/h2-9,16,24H,10-15H2,1H3/t16-/m1/s1. The third-order valence-electron chi connectivity index (χ3n) is 4.76. The lowest BCUT2D eigenvalue weighted by Gasteiger charge is -2.37. The molecular formula is C20H25N3O5. The van der Waals surface area contributed by atoms with Crippen LogP contribution >= 0.6 is 0 Å². The van der Waals surface area contributed by atoms with Crippen LogP contribution in [0.1, 0.15) is 0 Å². The Bertz CT molecular complexity index is 793. The summed E-state index contributed by atoms with van der Waals surface area (Å²) in [7, 11) is 1.67. The zero-order valence-electron chi connectivity index (χ0n) is 15.9. The number of nitro benzene ring substituents is 1. The number of hydrogen-bond acceptors (Lipinski definition) is 7. The first-order valence-corrected chi connectivity index (χ1v) is 9.23. The van der Waals surface area contributed by atoms with E-state index in [0.717, 1.165) is 37.6 Å². The van der Waals surface area contributed by atoms with E-state index in [2.05, 4.69) is 9.80 Å². The molecule has 1 atom stereocenters. The average molecular weight is 387 g/mol. The highest BCUT2D eigenvalue weighted by atomic mass is 16.6. The van der Waals surface area contributed by atoms with Crippen LogP contribution in [0.2, 0.25) is 0 Å². The molecule has 0 spiro atoms. The molecule has 8 nitrogen and oxygen atoms in total. The van der Waals surface area contributed by atoms with Gasteiger partial charge in [-0.05, 0) is 18.2 Å². The Balaban J connectivity index is 1.48. The molecule has 0 unspecified atom stereocenters. The highest BCUT2D eigenvalue weighted by Crippen LogP contribution is 2.28. The Morgan fingerprint density at radius 2 is 1.71 bits per heavy atom. The molecule has 0 radical (unpaired) electrons. The normalized spacial score (nSPS) is 15.9. The average Bonchev–Trinajstić information content (AvgIpc) is 2.73. The first-order chi connectivity index (χ1) is 13.6. The van der Waals surface area contributed by atoms with Gasteiger partial charge in [-0.15, -0.1) is 0 Å². The number of anilines is 1. The Kier molecular flexibility index (Phi) is 6.67. The number of β-amino-alcohol motifs (C(OH)–C–C–N with tert-alkyl or cyclic N) is 1. The van der Waals surface area contributed by atoms with Gasteiger partial charge >= 0.3 is 5.69 Å². The van der Waals surface area contributed by atoms with Gasteiger partial charge in [0.25, 0.3) is 0 Å². The Hall–Kier alpha value is -2.84. The summed E-state index contributed by atoms with van der Waals surface area (Å²) in [5.74, 6) is 1.03. The summed E-state index contributed by atoms with van der Waals surface area (Å²) in [5, 5.41) is 21.3. The minimum absolute atomic E-state index is 0.0115. The smallest absolute Gasteiger partial charge is 0.310 e. The van der Waals surface area contributed by atoms with Crippen LogP contribution in [0.5, 0.6) is 11.5 Å². The minimum Gasteiger partial charge on any atom is -0.495 e. The third-order valence-corrected chi connectivity index (χ3v) is 4.76. The van der Waals surface area contributed by atoms with E-state index < -0.39 is 11.0 Å². The largest absolute Gasteiger partial charge is 0.495 e. The number of benzene rings is 2. The predicted molar refractivity (Wildman–Crippen MR) is 106 cm³/mol. The van der Waals surface area contributed by atoms with Gasteiger partial charge in [-0.3, -0.25) is 15.0 Å². The zero-order chi connectivity index (χ0) is 19.9. The fourth-order valence-electron chi connectivity index (χ4n) is 3.33. The molecule has 0 saturated carbocycles. The topological polar surface area (TPSA) is 88.3 Å². The lowest BCUT2D eigenvalue weighted by Crippen LogP contribution is -2.49. The van der Waals surface area contributed by atoms with E-state index in [4.69, 9.17) is 9.47 Å². The summed E-state index contributed by atoms with van der Waals surface area (Å²) >= 11 is 0. The van der Waals surface area contributed by atoms with Crippen molar-refractivity contribution >= 4 is 11.4 Å². The van der Waals surface area contributed by atoms with E-state index in [1.807, 2.05) is 24.3 Å². The van der Waals surface area contributed by atoms with Gasteiger partial charge in [0.05, 0.1) is 17.7 Å². The molecule has 1 aliphatic rings. The van der Waals surface area contributed by atoms with Gasteiger partial charge < -0.3 is 19.5 Å². The lowest BCUT2D eigenvalue weighted by atomic mass is 10.2. The van der Waals surface area contributed by atoms with Crippen molar-refractivity contribution in [1.29, 1.82) is 0 Å². The Labute approximate surface area is 164 Å². The van der Waals surface area contributed by atoms with E-state index in [-0.39, 0.29) is 18.0 Å². The summed E-state index contributed by atoms with van der Waals surface area (Å²) in [6.07, 6.45) is -0.724. The van der Waals surface area contributed by atoms with Crippen LogP contribution in [-0.2, 0) is 0 Å². The van der Waals surface area contributed by atoms with E-state index in [0.29, 0.717) is 6.54 Å². The number of ether oxygens (including phenoxy) is 2. The molecule has 0 aliphatic carbocycles. The van der Waals surface area contributed by atoms with E-state index in [1.165, 1.54) is 12.1 Å². The number of hydrogen-bond donors (Lipinski definition) is 1. The second-order valence-electron chi connectivity index (χ2n) is 6.65. The third kappa shape index (κ3) is 4.90. The van der Waals surface area contributed by atoms with Gasteiger partial charge in [-0.1, -0.05) is 24.3 Å². The SMILES string of the molecule is COc1ccccc1N1CCN(C[C@@H](O)COc2ccccc2[N+](=O)[O-])CC1. The molecule has 28 heavy (non-hydrogen) atoms. The van der Waals surface area contributed by atoms with Crippen LogP contribution in [-0.4, -0.2) is 67.5 Å². The summed E-state index contributed by atoms with van der Waals surface area (Å²) in [5.41, 5.74) is 0.977. The number of methoxy groups -OCH3 is 1. The van der Waals surface area contributed by atoms with Crippen molar-refractivity contribution in [3.8, 4) is 11.5 Å². The second-order valence-corrected chi connectivity index (χ2v) is 6.65. The molecule has 1 aliphatic heterocycles. The van der Waals surface area contributed by atoms with Crippen molar-refractivity contribution in [2.75, 3.05) is 51.3 Å². The molecule has 1 heterocycles. The van der Waals surface area contributed by atoms with Crippen LogP contribution in [0, 0.1) is 10.1 Å². The van der Waals surface area contributed by atoms with Crippen molar-refractivity contribution in [3.63, 3.8) is 0 Å². The number of aliphatic hydroxyl groups is 1. The Morgan fingerprint density at radius 1 is 1.07 bits per heavy atom. The van der Waals surface area contributed by atoms with Gasteiger partial charge in [-0.25, -0.2) is 0 Å². The van der Waals surface area contributed by atoms with Gasteiger partial charge in [0.15, 0.2) is 5.75 Å². The van der Waals surface area contributed by atoms with Crippen LogP contribution in [0.3, 0.4) is 0 Å². The summed E-state index contributed by atoms with van der Waals surface area (Å²) in [4.78, 5) is 15.0. The van der Waals surface area contributed by atoms with Crippen molar-refractivity contribution in [2.24, 2.45) is 0 Å². The summed E-state index contributed by atoms with van der Waals surface area (Å²) < 4.78 is 10.9. The van der Waals surface area contributed by atoms with Crippen molar-refractivity contribution in [2.45, 2.75) is 6.10 Å². The monoisotopic (exact) mass is 387 g/mol. The molecule has 1 N–H and O–H groups in total.